The zero-order valence-electron chi connectivity index (χ0n) is 10.4. The van der Waals surface area contributed by atoms with Gasteiger partial charge in [0.1, 0.15) is 0 Å². The van der Waals surface area contributed by atoms with E-state index in [2.05, 4.69) is 28.5 Å². The first-order valence-electron chi connectivity index (χ1n) is 6.47. The van der Waals surface area contributed by atoms with Crippen LogP contribution in [0.5, 0.6) is 0 Å². The van der Waals surface area contributed by atoms with Gasteiger partial charge in [0.25, 0.3) is 0 Å². The number of aliphatic hydroxyl groups excluding tert-OH is 1. The zero-order chi connectivity index (χ0) is 12.4. The van der Waals surface area contributed by atoms with Gasteiger partial charge >= 0.3 is 0 Å². The number of thiazole rings is 1. The minimum atomic E-state index is 0.0408. The second-order valence-electron chi connectivity index (χ2n) is 5.16. The summed E-state index contributed by atoms with van der Waals surface area (Å²) in [5.41, 5.74) is 1.12. The number of piperidine rings is 1. The van der Waals surface area contributed by atoms with Crippen LogP contribution in [0, 0.1) is 5.41 Å². The third-order valence-corrected chi connectivity index (χ3v) is 4.90. The molecule has 2 aromatic rings. The number of hydrogen-bond donors (Lipinski definition) is 2. The lowest BCUT2D eigenvalue weighted by Crippen LogP contribution is -2.40. The molecule has 3 nitrogen and oxygen atoms in total. The summed E-state index contributed by atoms with van der Waals surface area (Å²) >= 11 is 1.76. The van der Waals surface area contributed by atoms with E-state index in [4.69, 9.17) is 0 Å². The Hall–Kier alpha value is -0.970. The maximum absolute atomic E-state index is 9.73. The molecule has 18 heavy (non-hydrogen) atoms. The standard InChI is InChI=1S/C14H18N2OS/c17-10-14(5-7-15-8-6-14)9-13-16-11-3-1-2-4-12(11)18-13/h1-4,15,17H,5-10H2. The third-order valence-electron chi connectivity index (χ3n) is 3.86. The van der Waals surface area contributed by atoms with Crippen molar-refractivity contribution in [1.29, 1.82) is 0 Å². The molecule has 0 amide bonds. The highest BCUT2D eigenvalue weighted by atomic mass is 32.1. The predicted molar refractivity (Wildman–Crippen MR) is 74.9 cm³/mol. The highest BCUT2D eigenvalue weighted by Gasteiger charge is 2.32. The molecule has 0 aliphatic carbocycles. The van der Waals surface area contributed by atoms with Crippen LogP contribution in [0.25, 0.3) is 10.2 Å². The number of aliphatic hydroxyl groups is 1. The number of nitrogens with zero attached hydrogens (tertiary/aromatic N) is 1. The van der Waals surface area contributed by atoms with Crippen LogP contribution < -0.4 is 5.32 Å². The van der Waals surface area contributed by atoms with E-state index in [0.717, 1.165) is 42.9 Å². The van der Waals surface area contributed by atoms with Gasteiger partial charge < -0.3 is 10.4 Å². The molecule has 1 fully saturated rings. The zero-order valence-corrected chi connectivity index (χ0v) is 11.2. The maximum atomic E-state index is 9.73. The van der Waals surface area contributed by atoms with Gasteiger partial charge in [0, 0.05) is 18.4 Å². The first kappa shape index (κ1) is 12.1. The van der Waals surface area contributed by atoms with E-state index in [1.807, 2.05) is 6.07 Å². The normalized spacial score (nSPS) is 19.2. The molecule has 3 rings (SSSR count). The van der Waals surface area contributed by atoms with E-state index in [1.54, 1.807) is 11.3 Å². The third kappa shape index (κ3) is 2.28. The SMILES string of the molecule is OCC1(Cc2nc3ccccc3s2)CCNCC1. The summed E-state index contributed by atoms with van der Waals surface area (Å²) in [6, 6.07) is 8.25. The van der Waals surface area contributed by atoms with E-state index < -0.39 is 0 Å². The number of benzene rings is 1. The molecule has 1 aliphatic rings. The van der Waals surface area contributed by atoms with Crippen molar-refractivity contribution in [2.45, 2.75) is 19.3 Å². The van der Waals surface area contributed by atoms with Crippen LogP contribution in [-0.4, -0.2) is 29.8 Å². The monoisotopic (exact) mass is 262 g/mol. The highest BCUT2D eigenvalue weighted by molar-refractivity contribution is 7.18. The minimum Gasteiger partial charge on any atom is -0.396 e. The van der Waals surface area contributed by atoms with Gasteiger partial charge in [0.15, 0.2) is 0 Å². The van der Waals surface area contributed by atoms with Gasteiger partial charge in [-0.05, 0) is 38.1 Å². The van der Waals surface area contributed by atoms with Crippen LogP contribution in [-0.2, 0) is 6.42 Å². The van der Waals surface area contributed by atoms with E-state index in [-0.39, 0.29) is 12.0 Å². The Morgan fingerprint density at radius 3 is 2.78 bits per heavy atom. The molecule has 0 unspecified atom stereocenters. The van der Waals surface area contributed by atoms with Gasteiger partial charge in [0.2, 0.25) is 0 Å². The van der Waals surface area contributed by atoms with Crippen LogP contribution in [0.3, 0.4) is 0 Å². The maximum Gasteiger partial charge on any atom is 0.0945 e. The molecule has 1 aliphatic heterocycles. The Morgan fingerprint density at radius 2 is 2.06 bits per heavy atom. The van der Waals surface area contributed by atoms with Crippen LogP contribution >= 0.6 is 11.3 Å². The van der Waals surface area contributed by atoms with E-state index in [9.17, 15) is 5.11 Å². The van der Waals surface area contributed by atoms with Crippen molar-refractivity contribution < 1.29 is 5.11 Å². The Bertz CT molecular complexity index is 498. The quantitative estimate of drug-likeness (QED) is 0.891. The fourth-order valence-electron chi connectivity index (χ4n) is 2.66. The van der Waals surface area contributed by atoms with Crippen molar-refractivity contribution in [3.05, 3.63) is 29.3 Å². The number of rotatable bonds is 3. The Balaban J connectivity index is 1.85. The number of aromatic nitrogens is 1. The summed E-state index contributed by atoms with van der Waals surface area (Å²) in [5, 5.41) is 14.2. The average molecular weight is 262 g/mol. The Kier molecular flexibility index (Phi) is 3.33. The van der Waals surface area contributed by atoms with Gasteiger partial charge in [-0.15, -0.1) is 11.3 Å². The van der Waals surface area contributed by atoms with Gasteiger partial charge in [-0.25, -0.2) is 4.98 Å². The largest absolute Gasteiger partial charge is 0.396 e. The molecule has 0 spiro atoms. The van der Waals surface area contributed by atoms with Crippen molar-refractivity contribution in [2.24, 2.45) is 5.41 Å². The molecule has 1 saturated heterocycles. The van der Waals surface area contributed by atoms with Crippen molar-refractivity contribution in [3.63, 3.8) is 0 Å². The summed E-state index contributed by atoms with van der Waals surface area (Å²) in [4.78, 5) is 4.69. The van der Waals surface area contributed by atoms with Crippen molar-refractivity contribution >= 4 is 21.6 Å². The van der Waals surface area contributed by atoms with Gasteiger partial charge in [-0.2, -0.15) is 0 Å². The predicted octanol–water partition coefficient (Wildman–Crippen LogP) is 2.20. The van der Waals surface area contributed by atoms with Crippen LogP contribution in [0.4, 0.5) is 0 Å². The van der Waals surface area contributed by atoms with Crippen molar-refractivity contribution in [3.8, 4) is 0 Å². The van der Waals surface area contributed by atoms with E-state index in [0.29, 0.717) is 0 Å². The molecule has 4 heteroatoms. The highest BCUT2D eigenvalue weighted by Crippen LogP contribution is 2.34. The lowest BCUT2D eigenvalue weighted by molar-refractivity contribution is 0.0893. The molecule has 2 heterocycles. The second-order valence-corrected chi connectivity index (χ2v) is 6.28. The average Bonchev–Trinajstić information content (AvgIpc) is 2.81. The number of nitrogens with one attached hydrogen (secondary N) is 1. The Morgan fingerprint density at radius 1 is 1.28 bits per heavy atom. The smallest absolute Gasteiger partial charge is 0.0945 e. The molecule has 1 aromatic heterocycles. The van der Waals surface area contributed by atoms with Gasteiger partial charge in [0.05, 0.1) is 15.2 Å². The summed E-state index contributed by atoms with van der Waals surface area (Å²) < 4.78 is 1.24. The van der Waals surface area contributed by atoms with E-state index >= 15 is 0 Å². The number of para-hydroxylation sites is 1. The first-order valence-corrected chi connectivity index (χ1v) is 7.29. The lowest BCUT2D eigenvalue weighted by Gasteiger charge is -2.35. The molecule has 0 atom stereocenters. The molecule has 0 radical (unpaired) electrons. The fraction of sp³-hybridized carbons (Fsp3) is 0.500. The number of hydrogen-bond acceptors (Lipinski definition) is 4. The van der Waals surface area contributed by atoms with Crippen molar-refractivity contribution in [2.75, 3.05) is 19.7 Å². The fourth-order valence-corrected chi connectivity index (χ4v) is 3.81. The Labute approximate surface area is 111 Å². The molecule has 1 aromatic carbocycles. The molecule has 0 saturated carbocycles. The van der Waals surface area contributed by atoms with Gasteiger partial charge in [-0.3, -0.25) is 0 Å². The molecule has 96 valence electrons. The number of fused-ring (bicyclic) bond motifs is 1. The lowest BCUT2D eigenvalue weighted by atomic mass is 9.77. The molecular weight excluding hydrogens is 244 g/mol. The first-order chi connectivity index (χ1) is 8.81. The van der Waals surface area contributed by atoms with Crippen LogP contribution in [0.2, 0.25) is 0 Å². The van der Waals surface area contributed by atoms with Gasteiger partial charge in [-0.1, -0.05) is 12.1 Å². The van der Waals surface area contributed by atoms with E-state index in [1.165, 1.54) is 4.70 Å². The van der Waals surface area contributed by atoms with Crippen LogP contribution in [0.1, 0.15) is 17.8 Å². The van der Waals surface area contributed by atoms with Crippen molar-refractivity contribution in [1.82, 2.24) is 10.3 Å². The minimum absolute atomic E-state index is 0.0408. The molecular formula is C14H18N2OS. The summed E-state index contributed by atoms with van der Waals surface area (Å²) in [7, 11) is 0. The molecule has 2 N–H and O–H groups in total. The summed E-state index contributed by atoms with van der Waals surface area (Å²) in [6.45, 7) is 2.28. The topological polar surface area (TPSA) is 45.2 Å². The van der Waals surface area contributed by atoms with Crippen LogP contribution in [0.15, 0.2) is 24.3 Å². The summed E-state index contributed by atoms with van der Waals surface area (Å²) in [6.07, 6.45) is 2.99. The molecule has 0 bridgehead atoms. The second kappa shape index (κ2) is 4.96. The summed E-state index contributed by atoms with van der Waals surface area (Å²) in [5.74, 6) is 0.